The van der Waals surface area contributed by atoms with Crippen molar-refractivity contribution in [1.29, 1.82) is 0 Å². The zero-order valence-electron chi connectivity index (χ0n) is 22.6. The first kappa shape index (κ1) is 29.9. The Morgan fingerprint density at radius 2 is 1.03 bits per heavy atom. The van der Waals surface area contributed by atoms with Gasteiger partial charge in [-0.25, -0.2) is 0 Å². The van der Waals surface area contributed by atoms with Crippen LogP contribution in [0.1, 0.15) is 120 Å². The number of hydrogen-bond acceptors (Lipinski definition) is 4. The molecule has 0 saturated heterocycles. The number of nitrogens with one attached hydrogen (secondary N) is 2. The van der Waals surface area contributed by atoms with Gasteiger partial charge in [-0.1, -0.05) is 68.2 Å². The molecular formula is C27H52N2O4. The Kier molecular flexibility index (Phi) is 11.4. The summed E-state index contributed by atoms with van der Waals surface area (Å²) >= 11 is 0. The quantitative estimate of drug-likeness (QED) is 0.277. The SMILES string of the molecule is CCC(O)(CC)[C@@H](CC(C)C)NC(=O)C1(C(=O)N[C@H](CC(C)C)C(O)(CC)CC)CCCC1. The van der Waals surface area contributed by atoms with Crippen LogP contribution in [-0.2, 0) is 9.59 Å². The summed E-state index contributed by atoms with van der Waals surface area (Å²) in [6, 6.07) is -0.806. The van der Waals surface area contributed by atoms with Crippen LogP contribution < -0.4 is 10.6 Å². The number of hydrogen-bond donors (Lipinski definition) is 4. The molecule has 4 N–H and O–H groups in total. The lowest BCUT2D eigenvalue weighted by molar-refractivity contribution is -0.147. The molecule has 2 amide bonds. The summed E-state index contributed by atoms with van der Waals surface area (Å²) in [5, 5.41) is 28.7. The van der Waals surface area contributed by atoms with Gasteiger partial charge in [-0.3, -0.25) is 9.59 Å². The Hall–Kier alpha value is -1.14. The molecule has 0 spiro atoms. The van der Waals surface area contributed by atoms with E-state index < -0.39 is 28.7 Å². The van der Waals surface area contributed by atoms with Gasteiger partial charge in [-0.15, -0.1) is 0 Å². The molecule has 0 aromatic rings. The summed E-state index contributed by atoms with van der Waals surface area (Å²) < 4.78 is 0. The van der Waals surface area contributed by atoms with Crippen LogP contribution in [0.15, 0.2) is 0 Å². The third-order valence-corrected chi connectivity index (χ3v) is 8.10. The van der Waals surface area contributed by atoms with Crippen LogP contribution in [0.3, 0.4) is 0 Å². The molecular weight excluding hydrogens is 416 g/mol. The predicted octanol–water partition coefficient (Wildman–Crippen LogP) is 4.71. The van der Waals surface area contributed by atoms with E-state index >= 15 is 0 Å². The van der Waals surface area contributed by atoms with Crippen molar-refractivity contribution >= 4 is 11.8 Å². The van der Waals surface area contributed by atoms with Crippen molar-refractivity contribution in [3.05, 3.63) is 0 Å². The normalized spacial score (nSPS) is 18.4. The zero-order chi connectivity index (χ0) is 25.4. The second-order valence-corrected chi connectivity index (χ2v) is 11.2. The molecule has 0 unspecified atom stereocenters. The fourth-order valence-corrected chi connectivity index (χ4v) is 5.38. The number of amides is 2. The molecule has 0 bridgehead atoms. The summed E-state index contributed by atoms with van der Waals surface area (Å²) in [6.07, 6.45) is 6.11. The summed E-state index contributed by atoms with van der Waals surface area (Å²) in [5.41, 5.74) is -3.14. The standard InChI is InChI=1S/C27H52N2O4/c1-9-26(32,10-2)21(17-19(5)6)28-23(30)25(15-13-14-16-25)24(31)29-22(18-20(7)8)27(33,11-3)12-4/h19-22,32-33H,9-18H2,1-8H3,(H,28,30)(H,29,31)/t21-,22-/m1/s1. The first-order valence-electron chi connectivity index (χ1n) is 13.4. The Morgan fingerprint density at radius 1 is 0.727 bits per heavy atom. The van der Waals surface area contributed by atoms with Gasteiger partial charge in [0, 0.05) is 0 Å². The Labute approximate surface area is 202 Å². The maximum atomic E-state index is 13.7. The van der Waals surface area contributed by atoms with E-state index in [1.807, 2.05) is 27.7 Å². The van der Waals surface area contributed by atoms with E-state index in [0.29, 0.717) is 63.2 Å². The van der Waals surface area contributed by atoms with Crippen LogP contribution in [0.2, 0.25) is 0 Å². The van der Waals surface area contributed by atoms with Crippen molar-refractivity contribution < 1.29 is 19.8 Å². The molecule has 0 aromatic heterocycles. The molecule has 0 radical (unpaired) electrons. The monoisotopic (exact) mass is 468 g/mol. The number of rotatable bonds is 14. The highest BCUT2D eigenvalue weighted by molar-refractivity contribution is 6.05. The highest BCUT2D eigenvalue weighted by Crippen LogP contribution is 2.40. The van der Waals surface area contributed by atoms with Gasteiger partial charge in [0.15, 0.2) is 0 Å². The van der Waals surface area contributed by atoms with Crippen LogP contribution in [0.4, 0.5) is 0 Å². The van der Waals surface area contributed by atoms with Crippen molar-refractivity contribution in [2.24, 2.45) is 17.3 Å². The third kappa shape index (κ3) is 7.17. The fourth-order valence-electron chi connectivity index (χ4n) is 5.38. The molecule has 2 atom stereocenters. The molecule has 1 aliphatic rings. The molecule has 0 heterocycles. The van der Waals surface area contributed by atoms with Crippen LogP contribution in [-0.4, -0.2) is 45.3 Å². The molecule has 1 rings (SSSR count). The molecule has 33 heavy (non-hydrogen) atoms. The van der Waals surface area contributed by atoms with E-state index in [9.17, 15) is 19.8 Å². The highest BCUT2D eigenvalue weighted by atomic mass is 16.3. The van der Waals surface area contributed by atoms with Gasteiger partial charge < -0.3 is 20.8 Å². The smallest absolute Gasteiger partial charge is 0.236 e. The van der Waals surface area contributed by atoms with Crippen molar-refractivity contribution in [2.75, 3.05) is 0 Å². The van der Waals surface area contributed by atoms with E-state index in [1.165, 1.54) is 0 Å². The van der Waals surface area contributed by atoms with E-state index in [-0.39, 0.29) is 11.8 Å². The number of carbonyl (C=O) groups excluding carboxylic acids is 2. The molecule has 194 valence electrons. The van der Waals surface area contributed by atoms with Gasteiger partial charge >= 0.3 is 0 Å². The van der Waals surface area contributed by atoms with Gasteiger partial charge in [-0.05, 0) is 63.2 Å². The fraction of sp³-hybridized carbons (Fsp3) is 0.926. The molecule has 1 saturated carbocycles. The van der Waals surface area contributed by atoms with Crippen molar-refractivity contribution in [3.8, 4) is 0 Å². The van der Waals surface area contributed by atoms with Crippen LogP contribution >= 0.6 is 0 Å². The lowest BCUT2D eigenvalue weighted by Crippen LogP contribution is -2.61. The van der Waals surface area contributed by atoms with Crippen molar-refractivity contribution in [2.45, 2.75) is 143 Å². The summed E-state index contributed by atoms with van der Waals surface area (Å²) in [7, 11) is 0. The maximum absolute atomic E-state index is 13.7. The van der Waals surface area contributed by atoms with Gasteiger partial charge in [0.1, 0.15) is 5.41 Å². The number of aliphatic hydroxyl groups is 2. The lowest BCUT2D eigenvalue weighted by atomic mass is 9.78. The van der Waals surface area contributed by atoms with Gasteiger partial charge in [0.25, 0.3) is 0 Å². The molecule has 1 fully saturated rings. The van der Waals surface area contributed by atoms with Crippen LogP contribution in [0.5, 0.6) is 0 Å². The van der Waals surface area contributed by atoms with Crippen LogP contribution in [0, 0.1) is 17.3 Å². The zero-order valence-corrected chi connectivity index (χ0v) is 22.6. The first-order chi connectivity index (χ1) is 15.3. The second-order valence-electron chi connectivity index (χ2n) is 11.2. The minimum atomic E-state index is -1.14. The Morgan fingerprint density at radius 3 is 1.27 bits per heavy atom. The van der Waals surface area contributed by atoms with Gasteiger partial charge in [-0.2, -0.15) is 0 Å². The summed E-state index contributed by atoms with van der Waals surface area (Å²) in [5.74, 6) is 0.0484. The van der Waals surface area contributed by atoms with E-state index in [2.05, 4.69) is 38.3 Å². The highest BCUT2D eigenvalue weighted by Gasteiger charge is 2.51. The Balaban J connectivity index is 3.23. The second kappa shape index (κ2) is 12.5. The average molecular weight is 469 g/mol. The largest absolute Gasteiger partial charge is 0.388 e. The molecule has 6 heteroatoms. The summed E-state index contributed by atoms with van der Waals surface area (Å²) in [6.45, 7) is 16.1. The lowest BCUT2D eigenvalue weighted by Gasteiger charge is -2.40. The van der Waals surface area contributed by atoms with E-state index in [1.54, 1.807) is 0 Å². The maximum Gasteiger partial charge on any atom is 0.236 e. The van der Waals surface area contributed by atoms with E-state index in [0.717, 1.165) is 12.8 Å². The molecule has 6 nitrogen and oxygen atoms in total. The Bertz CT molecular complexity index is 570. The number of carbonyl (C=O) groups is 2. The predicted molar refractivity (Wildman–Crippen MR) is 135 cm³/mol. The topological polar surface area (TPSA) is 98.7 Å². The van der Waals surface area contributed by atoms with Crippen LogP contribution in [0.25, 0.3) is 0 Å². The third-order valence-electron chi connectivity index (χ3n) is 8.10. The van der Waals surface area contributed by atoms with Crippen molar-refractivity contribution in [1.82, 2.24) is 10.6 Å². The summed E-state index contributed by atoms with van der Waals surface area (Å²) in [4.78, 5) is 27.5. The van der Waals surface area contributed by atoms with Crippen molar-refractivity contribution in [3.63, 3.8) is 0 Å². The minimum Gasteiger partial charge on any atom is -0.388 e. The first-order valence-corrected chi connectivity index (χ1v) is 13.4. The van der Waals surface area contributed by atoms with Gasteiger partial charge in [0.05, 0.1) is 23.3 Å². The molecule has 0 aliphatic heterocycles. The molecule has 1 aliphatic carbocycles. The van der Waals surface area contributed by atoms with Gasteiger partial charge in [0.2, 0.25) is 11.8 Å². The average Bonchev–Trinajstić information content (AvgIpc) is 3.27. The molecule has 0 aromatic carbocycles. The minimum absolute atomic E-state index is 0.275. The van der Waals surface area contributed by atoms with E-state index in [4.69, 9.17) is 0 Å².